The topological polar surface area (TPSA) is 46.6 Å². The Morgan fingerprint density at radius 3 is 1.74 bits per heavy atom. The van der Waals surface area contributed by atoms with E-state index >= 15 is 0 Å². The van der Waals surface area contributed by atoms with Crippen molar-refractivity contribution in [2.75, 3.05) is 0 Å². The molecule has 0 atom stereocenters. The maximum absolute atomic E-state index is 12.6. The zero-order valence-electron chi connectivity index (χ0n) is 11.3. The molecule has 23 heavy (non-hydrogen) atoms. The molecule has 4 nitrogen and oxygen atoms in total. The van der Waals surface area contributed by atoms with Gasteiger partial charge in [-0.25, -0.2) is 0 Å². The number of hydroxylamine groups is 2. The van der Waals surface area contributed by atoms with Gasteiger partial charge in [0.2, 0.25) is 0 Å². The van der Waals surface area contributed by atoms with Crippen LogP contribution in [0.2, 0.25) is 0 Å². The quantitative estimate of drug-likeness (QED) is 0.281. The highest BCUT2D eigenvalue weighted by Crippen LogP contribution is 2.45. The summed E-state index contributed by atoms with van der Waals surface area (Å²) in [5.41, 5.74) is 1.40. The lowest BCUT2D eigenvalue weighted by Gasteiger charge is -2.13. The summed E-state index contributed by atoms with van der Waals surface area (Å²) in [6.07, 6.45) is 0. The van der Waals surface area contributed by atoms with Gasteiger partial charge in [-0.1, -0.05) is 30.3 Å². The Morgan fingerprint density at radius 1 is 0.783 bits per heavy atom. The van der Waals surface area contributed by atoms with E-state index in [0.717, 1.165) is 10.6 Å². The summed E-state index contributed by atoms with van der Waals surface area (Å²) in [6, 6.07) is 9.33. The minimum atomic E-state index is -0.498. The molecule has 0 saturated heterocycles. The fourth-order valence-corrected chi connectivity index (χ4v) is 4.62. The van der Waals surface area contributed by atoms with Gasteiger partial charge in [-0.05, 0) is 69.3 Å². The highest BCUT2D eigenvalue weighted by molar-refractivity contribution is 9.15. The van der Waals surface area contributed by atoms with E-state index in [4.69, 9.17) is 4.84 Å². The number of nitrogens with zero attached hydrogens (tertiary/aromatic N) is 1. The van der Waals surface area contributed by atoms with Crippen molar-refractivity contribution in [1.29, 1.82) is 0 Å². The van der Waals surface area contributed by atoms with Gasteiger partial charge in [0.1, 0.15) is 6.61 Å². The van der Waals surface area contributed by atoms with Crippen molar-refractivity contribution in [3.05, 3.63) is 64.9 Å². The monoisotopic (exact) mass is 565 g/mol. The first-order valence-electron chi connectivity index (χ1n) is 6.35. The summed E-state index contributed by atoms with van der Waals surface area (Å²) in [4.78, 5) is 30.6. The lowest BCUT2D eigenvalue weighted by atomic mass is 10.1. The minimum absolute atomic E-state index is 0.129. The molecule has 0 N–H and O–H groups in total. The van der Waals surface area contributed by atoms with Gasteiger partial charge in [0.05, 0.1) is 11.1 Å². The Morgan fingerprint density at radius 2 is 1.26 bits per heavy atom. The molecular weight excluding hydrogens is 562 g/mol. The molecule has 2 amide bonds. The second-order valence-corrected chi connectivity index (χ2v) is 7.84. The highest BCUT2D eigenvalue weighted by atomic mass is 79.9. The zero-order chi connectivity index (χ0) is 16.7. The van der Waals surface area contributed by atoms with Crippen molar-refractivity contribution in [2.24, 2.45) is 0 Å². The van der Waals surface area contributed by atoms with Crippen LogP contribution in [0.25, 0.3) is 0 Å². The lowest BCUT2D eigenvalue weighted by Crippen LogP contribution is -2.29. The van der Waals surface area contributed by atoms with Gasteiger partial charge in [-0.3, -0.25) is 14.4 Å². The first-order chi connectivity index (χ1) is 10.9. The molecule has 1 aliphatic heterocycles. The SMILES string of the molecule is O=C1c2c(Br)c(Br)c(Br)c(Br)c2C(=O)N1OCc1ccccc1. The van der Waals surface area contributed by atoms with E-state index in [0.29, 0.717) is 17.9 Å². The van der Waals surface area contributed by atoms with Gasteiger partial charge < -0.3 is 0 Å². The number of amides is 2. The molecule has 0 spiro atoms. The normalized spacial score (nSPS) is 13.7. The van der Waals surface area contributed by atoms with Crippen molar-refractivity contribution >= 4 is 75.5 Å². The van der Waals surface area contributed by atoms with Crippen molar-refractivity contribution in [3.63, 3.8) is 0 Å². The number of carbonyl (C=O) groups excluding carboxylic acids is 2. The molecule has 0 aliphatic carbocycles. The van der Waals surface area contributed by atoms with E-state index in [1.165, 1.54) is 0 Å². The molecule has 8 heteroatoms. The predicted molar refractivity (Wildman–Crippen MR) is 99.0 cm³/mol. The molecular formula is C15H7Br4NO3. The standard InChI is InChI=1S/C15H7Br4NO3/c16-10-8-9(11(17)13(19)12(10)18)15(22)20(14(8)21)23-6-7-4-2-1-3-5-7/h1-5H,6H2. The summed E-state index contributed by atoms with van der Waals surface area (Å²) < 4.78 is 2.31. The number of hydrogen-bond donors (Lipinski definition) is 0. The van der Waals surface area contributed by atoms with Crippen LogP contribution >= 0.6 is 63.7 Å². The van der Waals surface area contributed by atoms with Crippen LogP contribution in [0, 0.1) is 0 Å². The van der Waals surface area contributed by atoms with Gasteiger partial charge in [0.25, 0.3) is 11.8 Å². The van der Waals surface area contributed by atoms with Crippen LogP contribution in [0.1, 0.15) is 26.3 Å². The Hall–Kier alpha value is -0.540. The fourth-order valence-electron chi connectivity index (χ4n) is 2.16. The molecule has 0 radical (unpaired) electrons. The van der Waals surface area contributed by atoms with Crippen molar-refractivity contribution in [3.8, 4) is 0 Å². The lowest BCUT2D eigenvalue weighted by molar-refractivity contribution is -0.101. The number of halogens is 4. The number of imide groups is 1. The minimum Gasteiger partial charge on any atom is -0.266 e. The van der Waals surface area contributed by atoms with Crippen LogP contribution < -0.4 is 0 Å². The summed E-state index contributed by atoms with van der Waals surface area (Å²) >= 11 is 13.5. The van der Waals surface area contributed by atoms with Crippen LogP contribution in [0.15, 0.2) is 48.2 Å². The number of benzene rings is 2. The second kappa shape index (κ2) is 6.76. The number of rotatable bonds is 3. The predicted octanol–water partition coefficient (Wildman–Crippen LogP) is 5.46. The molecule has 118 valence electrons. The van der Waals surface area contributed by atoms with Crippen LogP contribution in [0.5, 0.6) is 0 Å². The number of hydrogen-bond acceptors (Lipinski definition) is 3. The third-order valence-corrected chi connectivity index (χ3v) is 8.04. The Bertz CT molecular complexity index is 776. The van der Waals surface area contributed by atoms with E-state index in [9.17, 15) is 9.59 Å². The first kappa shape index (κ1) is 17.3. The van der Waals surface area contributed by atoms with Gasteiger partial charge in [-0.2, -0.15) is 0 Å². The van der Waals surface area contributed by atoms with Gasteiger partial charge >= 0.3 is 0 Å². The van der Waals surface area contributed by atoms with Crippen LogP contribution in [-0.2, 0) is 11.4 Å². The van der Waals surface area contributed by atoms with Crippen LogP contribution in [0.3, 0.4) is 0 Å². The maximum atomic E-state index is 12.6. The van der Waals surface area contributed by atoms with Gasteiger partial charge in [0.15, 0.2) is 0 Å². The number of fused-ring (bicyclic) bond motifs is 1. The molecule has 0 unspecified atom stereocenters. The van der Waals surface area contributed by atoms with E-state index in [1.54, 1.807) is 0 Å². The average molecular weight is 569 g/mol. The Kier molecular flexibility index (Phi) is 5.08. The molecule has 3 rings (SSSR count). The molecule has 0 bridgehead atoms. The second-order valence-electron chi connectivity index (χ2n) is 4.67. The third-order valence-electron chi connectivity index (χ3n) is 3.27. The van der Waals surface area contributed by atoms with Crippen molar-refractivity contribution in [2.45, 2.75) is 6.61 Å². The fraction of sp³-hybridized carbons (Fsp3) is 0.0667. The van der Waals surface area contributed by atoms with Crippen molar-refractivity contribution < 1.29 is 14.4 Å². The summed E-state index contributed by atoms with van der Waals surface area (Å²) in [6.45, 7) is 0.129. The summed E-state index contributed by atoms with van der Waals surface area (Å²) in [5, 5.41) is 0.798. The smallest absolute Gasteiger partial charge is 0.266 e. The number of carbonyl (C=O) groups is 2. The van der Waals surface area contributed by atoms with Crippen LogP contribution in [-0.4, -0.2) is 16.9 Å². The van der Waals surface area contributed by atoms with E-state index in [2.05, 4.69) is 63.7 Å². The van der Waals surface area contributed by atoms with E-state index in [-0.39, 0.29) is 17.7 Å². The molecule has 1 aliphatic rings. The highest BCUT2D eigenvalue weighted by Gasteiger charge is 2.42. The summed E-state index contributed by atoms with van der Waals surface area (Å²) in [7, 11) is 0. The molecule has 0 fully saturated rings. The molecule has 2 aromatic rings. The average Bonchev–Trinajstić information content (AvgIpc) is 2.81. The largest absolute Gasteiger partial charge is 0.287 e. The molecule has 0 saturated carbocycles. The van der Waals surface area contributed by atoms with Gasteiger partial charge in [0, 0.05) is 17.9 Å². The van der Waals surface area contributed by atoms with Crippen molar-refractivity contribution in [1.82, 2.24) is 5.06 Å². The van der Waals surface area contributed by atoms with Crippen LogP contribution in [0.4, 0.5) is 0 Å². The third kappa shape index (κ3) is 2.95. The zero-order valence-corrected chi connectivity index (χ0v) is 17.6. The Labute approximate surface area is 165 Å². The first-order valence-corrected chi connectivity index (χ1v) is 9.52. The molecule has 0 aromatic heterocycles. The summed E-state index contributed by atoms with van der Waals surface area (Å²) in [5.74, 6) is -0.997. The van der Waals surface area contributed by atoms with E-state index in [1.807, 2.05) is 30.3 Å². The molecule has 2 aromatic carbocycles. The van der Waals surface area contributed by atoms with E-state index < -0.39 is 11.8 Å². The van der Waals surface area contributed by atoms with Gasteiger partial charge in [-0.15, -0.1) is 5.06 Å². The Balaban J connectivity index is 1.95. The molecule has 1 heterocycles. The maximum Gasteiger partial charge on any atom is 0.287 e.